The Morgan fingerprint density at radius 2 is 2.57 bits per heavy atom. The van der Waals surface area contributed by atoms with Crippen molar-refractivity contribution in [3.63, 3.8) is 0 Å². The SMILES string of the molecule is NC(CS)C1CO1. The molecule has 2 unspecified atom stereocenters. The monoisotopic (exact) mass is 119 g/mol. The predicted octanol–water partition coefficient (Wildman–Crippen LogP) is -0.358. The summed E-state index contributed by atoms with van der Waals surface area (Å²) in [6.45, 7) is 0.835. The molecule has 0 amide bonds. The van der Waals surface area contributed by atoms with Crippen molar-refractivity contribution in [3.8, 4) is 0 Å². The van der Waals surface area contributed by atoms with Crippen molar-refractivity contribution in [2.45, 2.75) is 12.1 Å². The molecule has 0 bridgehead atoms. The minimum atomic E-state index is 0.156. The molecule has 0 aliphatic carbocycles. The van der Waals surface area contributed by atoms with Gasteiger partial charge in [-0.15, -0.1) is 0 Å². The Morgan fingerprint density at radius 1 is 2.00 bits per heavy atom. The van der Waals surface area contributed by atoms with E-state index in [4.69, 9.17) is 10.5 Å². The van der Waals surface area contributed by atoms with Crippen molar-refractivity contribution < 1.29 is 4.74 Å². The lowest BCUT2D eigenvalue weighted by Gasteiger charge is -1.99. The maximum absolute atomic E-state index is 5.48. The van der Waals surface area contributed by atoms with E-state index in [1.807, 2.05) is 0 Å². The summed E-state index contributed by atoms with van der Waals surface area (Å²) in [6.07, 6.45) is 0.317. The molecule has 1 aliphatic rings. The molecule has 0 radical (unpaired) electrons. The van der Waals surface area contributed by atoms with E-state index in [1.54, 1.807) is 0 Å². The van der Waals surface area contributed by atoms with E-state index >= 15 is 0 Å². The van der Waals surface area contributed by atoms with Gasteiger partial charge in [-0.25, -0.2) is 0 Å². The second kappa shape index (κ2) is 2.03. The lowest BCUT2D eigenvalue weighted by molar-refractivity contribution is 0.384. The van der Waals surface area contributed by atoms with Crippen molar-refractivity contribution in [1.29, 1.82) is 0 Å². The Kier molecular flexibility index (Phi) is 1.57. The van der Waals surface area contributed by atoms with Crippen LogP contribution < -0.4 is 5.73 Å². The molecule has 1 aliphatic heterocycles. The maximum atomic E-state index is 5.48. The van der Waals surface area contributed by atoms with E-state index in [1.165, 1.54) is 0 Å². The van der Waals surface area contributed by atoms with Crippen LogP contribution in [0.5, 0.6) is 0 Å². The highest BCUT2D eigenvalue weighted by Crippen LogP contribution is 2.12. The van der Waals surface area contributed by atoms with Crippen molar-refractivity contribution >= 4 is 12.6 Å². The van der Waals surface area contributed by atoms with E-state index < -0.39 is 0 Å². The lowest BCUT2D eigenvalue weighted by atomic mass is 10.3. The van der Waals surface area contributed by atoms with Crippen LogP contribution >= 0.6 is 12.6 Å². The molecule has 42 valence electrons. The van der Waals surface area contributed by atoms with Crippen LogP contribution in [0.1, 0.15) is 0 Å². The van der Waals surface area contributed by atoms with Gasteiger partial charge in [0.1, 0.15) is 0 Å². The highest BCUT2D eigenvalue weighted by Gasteiger charge is 2.28. The zero-order valence-corrected chi connectivity index (χ0v) is 4.90. The van der Waals surface area contributed by atoms with Crippen molar-refractivity contribution in [1.82, 2.24) is 0 Å². The van der Waals surface area contributed by atoms with Crippen molar-refractivity contribution in [2.24, 2.45) is 5.73 Å². The fourth-order valence-electron chi connectivity index (χ4n) is 0.420. The summed E-state index contributed by atoms with van der Waals surface area (Å²) in [5.74, 6) is 0.727. The van der Waals surface area contributed by atoms with Gasteiger partial charge < -0.3 is 10.5 Å². The van der Waals surface area contributed by atoms with Gasteiger partial charge in [0, 0.05) is 11.8 Å². The Labute approximate surface area is 48.4 Å². The zero-order valence-electron chi connectivity index (χ0n) is 4.00. The van der Waals surface area contributed by atoms with Gasteiger partial charge in [0.25, 0.3) is 0 Å². The molecule has 2 atom stereocenters. The molecule has 0 saturated carbocycles. The average Bonchev–Trinajstić information content (AvgIpc) is 2.44. The van der Waals surface area contributed by atoms with Crippen LogP contribution in [0.3, 0.4) is 0 Å². The maximum Gasteiger partial charge on any atom is 0.0968 e. The molecular formula is C4H9NOS. The lowest BCUT2D eigenvalue weighted by Crippen LogP contribution is -2.28. The largest absolute Gasteiger partial charge is 0.371 e. The first-order chi connectivity index (χ1) is 3.34. The van der Waals surface area contributed by atoms with Gasteiger partial charge in [-0.05, 0) is 0 Å². The number of ether oxygens (including phenoxy) is 1. The number of epoxide rings is 1. The highest BCUT2D eigenvalue weighted by molar-refractivity contribution is 7.80. The van der Waals surface area contributed by atoms with E-state index in [-0.39, 0.29) is 6.04 Å². The summed E-state index contributed by atoms with van der Waals surface area (Å²) in [5, 5.41) is 0. The molecule has 2 N–H and O–H groups in total. The first-order valence-corrected chi connectivity index (χ1v) is 2.96. The molecule has 0 aromatic carbocycles. The zero-order chi connectivity index (χ0) is 5.28. The quantitative estimate of drug-likeness (QED) is 0.385. The second-order valence-electron chi connectivity index (χ2n) is 1.72. The van der Waals surface area contributed by atoms with Gasteiger partial charge in [-0.2, -0.15) is 12.6 Å². The molecule has 1 saturated heterocycles. The number of hydrogen-bond acceptors (Lipinski definition) is 3. The Balaban J connectivity index is 2.10. The molecule has 1 fully saturated rings. The van der Waals surface area contributed by atoms with Crippen LogP contribution in [0, 0.1) is 0 Å². The van der Waals surface area contributed by atoms with Crippen molar-refractivity contribution in [2.75, 3.05) is 12.4 Å². The van der Waals surface area contributed by atoms with E-state index in [2.05, 4.69) is 12.6 Å². The Bertz CT molecular complexity index is 64.7. The van der Waals surface area contributed by atoms with Gasteiger partial charge in [0.05, 0.1) is 12.7 Å². The second-order valence-corrected chi connectivity index (χ2v) is 2.08. The van der Waals surface area contributed by atoms with Crippen LogP contribution in [0.25, 0.3) is 0 Å². The van der Waals surface area contributed by atoms with Crippen LogP contribution in [-0.2, 0) is 4.74 Å². The summed E-state index contributed by atoms with van der Waals surface area (Å²) in [4.78, 5) is 0. The third-order valence-electron chi connectivity index (χ3n) is 1.05. The molecule has 0 aromatic heterocycles. The minimum Gasteiger partial charge on any atom is -0.371 e. The van der Waals surface area contributed by atoms with Crippen LogP contribution in [0.4, 0.5) is 0 Å². The number of rotatable bonds is 2. The molecule has 0 aromatic rings. The number of hydrogen-bond donors (Lipinski definition) is 2. The predicted molar refractivity (Wildman–Crippen MR) is 31.6 cm³/mol. The summed E-state index contributed by atoms with van der Waals surface area (Å²) in [6, 6.07) is 0.156. The van der Waals surface area contributed by atoms with E-state index in [0.29, 0.717) is 6.10 Å². The topological polar surface area (TPSA) is 38.5 Å². The Hall–Kier alpha value is 0.270. The van der Waals surface area contributed by atoms with Crippen LogP contribution in [0.15, 0.2) is 0 Å². The number of nitrogens with two attached hydrogens (primary N) is 1. The molecule has 2 nitrogen and oxygen atoms in total. The van der Waals surface area contributed by atoms with Crippen LogP contribution in [0.2, 0.25) is 0 Å². The average molecular weight is 119 g/mol. The van der Waals surface area contributed by atoms with Gasteiger partial charge in [-0.1, -0.05) is 0 Å². The molecule has 7 heavy (non-hydrogen) atoms. The van der Waals surface area contributed by atoms with E-state index in [0.717, 1.165) is 12.4 Å². The van der Waals surface area contributed by atoms with Crippen LogP contribution in [-0.4, -0.2) is 24.5 Å². The summed E-state index contributed by atoms with van der Waals surface area (Å²) >= 11 is 3.99. The van der Waals surface area contributed by atoms with Gasteiger partial charge in [-0.3, -0.25) is 0 Å². The van der Waals surface area contributed by atoms with E-state index in [9.17, 15) is 0 Å². The van der Waals surface area contributed by atoms with Crippen molar-refractivity contribution in [3.05, 3.63) is 0 Å². The summed E-state index contributed by atoms with van der Waals surface area (Å²) < 4.78 is 4.89. The number of thiol groups is 1. The smallest absolute Gasteiger partial charge is 0.0968 e. The molecular weight excluding hydrogens is 110 g/mol. The standard InChI is InChI=1S/C4H9NOS/c5-3(2-7)4-1-6-4/h3-4,7H,1-2,5H2. The fraction of sp³-hybridized carbons (Fsp3) is 1.00. The van der Waals surface area contributed by atoms with Gasteiger partial charge >= 0.3 is 0 Å². The molecule has 1 heterocycles. The van der Waals surface area contributed by atoms with Gasteiger partial charge in [0.15, 0.2) is 0 Å². The fourth-order valence-corrected chi connectivity index (χ4v) is 0.655. The molecule has 3 heteroatoms. The first kappa shape index (κ1) is 5.41. The highest BCUT2D eigenvalue weighted by atomic mass is 32.1. The Morgan fingerprint density at radius 3 is 2.71 bits per heavy atom. The van der Waals surface area contributed by atoms with Gasteiger partial charge in [0.2, 0.25) is 0 Å². The molecule has 0 spiro atoms. The third-order valence-corrected chi connectivity index (χ3v) is 1.47. The summed E-state index contributed by atoms with van der Waals surface area (Å²) in [5.41, 5.74) is 5.48. The third kappa shape index (κ3) is 1.33. The summed E-state index contributed by atoms with van der Waals surface area (Å²) in [7, 11) is 0. The molecule has 1 rings (SSSR count). The minimum absolute atomic E-state index is 0.156. The first-order valence-electron chi connectivity index (χ1n) is 2.32. The normalized spacial score (nSPS) is 32.6.